The van der Waals surface area contributed by atoms with E-state index in [-0.39, 0.29) is 11.5 Å². The minimum atomic E-state index is -1.21. The molecule has 0 spiro atoms. The van der Waals surface area contributed by atoms with E-state index in [2.05, 4.69) is 4.98 Å². The summed E-state index contributed by atoms with van der Waals surface area (Å²) in [5, 5.41) is 8.72. The van der Waals surface area contributed by atoms with E-state index in [1.54, 1.807) is 0 Å². The van der Waals surface area contributed by atoms with Gasteiger partial charge >= 0.3 is 5.97 Å². The molecule has 3 N–H and O–H groups in total. The van der Waals surface area contributed by atoms with Crippen molar-refractivity contribution >= 4 is 11.8 Å². The van der Waals surface area contributed by atoms with Crippen LogP contribution in [-0.2, 0) is 0 Å². The van der Waals surface area contributed by atoms with Crippen LogP contribution in [0.4, 0.5) is 14.6 Å². The highest BCUT2D eigenvalue weighted by molar-refractivity contribution is 5.87. The lowest BCUT2D eigenvalue weighted by molar-refractivity contribution is 0.0690. The summed E-state index contributed by atoms with van der Waals surface area (Å²) in [5.41, 5.74) is 6.05. The summed E-state index contributed by atoms with van der Waals surface area (Å²) < 4.78 is 25.9. The first-order valence-electron chi connectivity index (χ1n) is 4.94. The Morgan fingerprint density at radius 3 is 2.44 bits per heavy atom. The first kappa shape index (κ1) is 12.0. The molecule has 6 heteroatoms. The Balaban J connectivity index is 2.51. The molecule has 1 aromatic heterocycles. The van der Waals surface area contributed by atoms with Gasteiger partial charge in [0.1, 0.15) is 5.82 Å². The van der Waals surface area contributed by atoms with Crippen molar-refractivity contribution in [3.05, 3.63) is 47.7 Å². The van der Waals surface area contributed by atoms with Crippen molar-refractivity contribution in [3.8, 4) is 11.1 Å². The van der Waals surface area contributed by atoms with Gasteiger partial charge in [-0.1, -0.05) is 6.07 Å². The lowest BCUT2D eigenvalue weighted by atomic mass is 10.1. The lowest BCUT2D eigenvalue weighted by Crippen LogP contribution is -2.04. The normalized spacial score (nSPS) is 10.3. The second-order valence-corrected chi connectivity index (χ2v) is 3.56. The van der Waals surface area contributed by atoms with Gasteiger partial charge in [0.2, 0.25) is 0 Å². The molecule has 2 rings (SSSR count). The molecule has 2 aromatic rings. The molecular weight excluding hydrogens is 242 g/mol. The van der Waals surface area contributed by atoms with E-state index in [4.69, 9.17) is 10.8 Å². The highest BCUT2D eigenvalue weighted by Gasteiger charge is 2.11. The summed E-state index contributed by atoms with van der Waals surface area (Å²) in [6.07, 6.45) is 0. The van der Waals surface area contributed by atoms with Crippen molar-refractivity contribution in [1.29, 1.82) is 0 Å². The molecule has 0 amide bonds. The van der Waals surface area contributed by atoms with Gasteiger partial charge in [0, 0.05) is 5.56 Å². The van der Waals surface area contributed by atoms with Gasteiger partial charge in [-0.3, -0.25) is 0 Å². The van der Waals surface area contributed by atoms with Crippen LogP contribution in [0.5, 0.6) is 0 Å². The molecule has 0 saturated carbocycles. The number of aromatic carboxylic acids is 1. The summed E-state index contributed by atoms with van der Waals surface area (Å²) in [7, 11) is 0. The number of aromatic nitrogens is 1. The van der Waals surface area contributed by atoms with Crippen LogP contribution >= 0.6 is 0 Å². The molecule has 0 saturated heterocycles. The number of benzene rings is 1. The van der Waals surface area contributed by atoms with Crippen molar-refractivity contribution in [2.75, 3.05) is 5.73 Å². The minimum absolute atomic E-state index is 0.0547. The zero-order valence-electron chi connectivity index (χ0n) is 9.02. The number of carboxylic acid groups (broad SMARTS) is 1. The number of nitrogens with two attached hydrogens (primary N) is 1. The largest absolute Gasteiger partial charge is 0.477 e. The zero-order chi connectivity index (χ0) is 13.3. The number of rotatable bonds is 2. The SMILES string of the molecule is Nc1nc(C(=O)O)ccc1-c1ccc(F)c(F)c1. The second-order valence-electron chi connectivity index (χ2n) is 3.56. The molecule has 0 aliphatic heterocycles. The van der Waals surface area contributed by atoms with Crippen LogP contribution < -0.4 is 5.73 Å². The average molecular weight is 250 g/mol. The number of nitrogen functional groups attached to an aromatic ring is 1. The Kier molecular flexibility index (Phi) is 2.93. The molecule has 1 heterocycles. The van der Waals surface area contributed by atoms with Gasteiger partial charge in [0.25, 0.3) is 0 Å². The Bertz CT molecular complexity index is 629. The van der Waals surface area contributed by atoms with E-state index in [9.17, 15) is 13.6 Å². The summed E-state index contributed by atoms with van der Waals surface area (Å²) in [6, 6.07) is 5.93. The predicted octanol–water partition coefficient (Wildman–Crippen LogP) is 2.31. The number of hydrogen-bond acceptors (Lipinski definition) is 3. The van der Waals surface area contributed by atoms with Crippen LogP contribution in [0.1, 0.15) is 10.5 Å². The van der Waals surface area contributed by atoms with E-state index in [1.165, 1.54) is 18.2 Å². The third-order valence-corrected chi connectivity index (χ3v) is 2.37. The molecule has 0 aliphatic carbocycles. The Labute approximate surface area is 101 Å². The number of pyridine rings is 1. The standard InChI is InChI=1S/C12H8F2N2O2/c13-8-3-1-6(5-9(8)14)7-2-4-10(12(17)18)16-11(7)15/h1-5H,(H2,15,16)(H,17,18). The number of carboxylic acids is 1. The topological polar surface area (TPSA) is 76.2 Å². The van der Waals surface area contributed by atoms with Gasteiger partial charge < -0.3 is 10.8 Å². The first-order valence-corrected chi connectivity index (χ1v) is 4.94. The van der Waals surface area contributed by atoms with Gasteiger partial charge in [-0.2, -0.15) is 0 Å². The monoisotopic (exact) mass is 250 g/mol. The van der Waals surface area contributed by atoms with Gasteiger partial charge in [-0.15, -0.1) is 0 Å². The number of nitrogens with zero attached hydrogens (tertiary/aromatic N) is 1. The summed E-state index contributed by atoms with van der Waals surface area (Å²) in [5.74, 6) is -3.24. The van der Waals surface area contributed by atoms with Crippen molar-refractivity contribution < 1.29 is 18.7 Å². The molecule has 4 nitrogen and oxygen atoms in total. The Hall–Kier alpha value is -2.50. The van der Waals surface area contributed by atoms with Crippen molar-refractivity contribution in [2.24, 2.45) is 0 Å². The minimum Gasteiger partial charge on any atom is -0.477 e. The van der Waals surface area contributed by atoms with Crippen LogP contribution in [0.25, 0.3) is 11.1 Å². The molecule has 0 unspecified atom stereocenters. The van der Waals surface area contributed by atoms with E-state index < -0.39 is 17.6 Å². The van der Waals surface area contributed by atoms with E-state index in [0.717, 1.165) is 12.1 Å². The molecule has 0 bridgehead atoms. The fourth-order valence-electron chi connectivity index (χ4n) is 1.50. The summed E-state index contributed by atoms with van der Waals surface area (Å²) in [4.78, 5) is 14.3. The molecule has 18 heavy (non-hydrogen) atoms. The number of halogens is 2. The van der Waals surface area contributed by atoms with Crippen LogP contribution in [-0.4, -0.2) is 16.1 Å². The van der Waals surface area contributed by atoms with Crippen molar-refractivity contribution in [2.45, 2.75) is 0 Å². The van der Waals surface area contributed by atoms with Crippen LogP contribution in [0.2, 0.25) is 0 Å². The molecule has 0 radical (unpaired) electrons. The molecule has 0 fully saturated rings. The third-order valence-electron chi connectivity index (χ3n) is 2.37. The number of carbonyl (C=O) groups is 1. The second kappa shape index (κ2) is 4.40. The third kappa shape index (κ3) is 2.13. The quantitative estimate of drug-likeness (QED) is 0.857. The van der Waals surface area contributed by atoms with Gasteiger partial charge in [-0.05, 0) is 29.8 Å². The van der Waals surface area contributed by atoms with E-state index in [0.29, 0.717) is 11.1 Å². The first-order chi connectivity index (χ1) is 8.49. The smallest absolute Gasteiger partial charge is 0.354 e. The maximum atomic E-state index is 13.1. The van der Waals surface area contributed by atoms with Gasteiger partial charge in [0.15, 0.2) is 17.3 Å². The van der Waals surface area contributed by atoms with Gasteiger partial charge in [-0.25, -0.2) is 18.6 Å². The zero-order valence-corrected chi connectivity index (χ0v) is 9.02. The van der Waals surface area contributed by atoms with Crippen molar-refractivity contribution in [3.63, 3.8) is 0 Å². The Morgan fingerprint density at radius 1 is 1.17 bits per heavy atom. The summed E-state index contributed by atoms with van der Waals surface area (Å²) in [6.45, 7) is 0. The molecule has 0 atom stereocenters. The predicted molar refractivity (Wildman–Crippen MR) is 61.0 cm³/mol. The maximum Gasteiger partial charge on any atom is 0.354 e. The number of hydrogen-bond donors (Lipinski definition) is 2. The Morgan fingerprint density at radius 2 is 1.89 bits per heavy atom. The van der Waals surface area contributed by atoms with E-state index >= 15 is 0 Å². The van der Waals surface area contributed by atoms with Gasteiger partial charge in [0.05, 0.1) is 0 Å². The molecular formula is C12H8F2N2O2. The molecule has 1 aromatic carbocycles. The molecule has 0 aliphatic rings. The number of anilines is 1. The van der Waals surface area contributed by atoms with Crippen LogP contribution in [0.15, 0.2) is 30.3 Å². The highest BCUT2D eigenvalue weighted by atomic mass is 19.2. The molecule has 92 valence electrons. The highest BCUT2D eigenvalue weighted by Crippen LogP contribution is 2.26. The summed E-state index contributed by atoms with van der Waals surface area (Å²) >= 11 is 0. The fraction of sp³-hybridized carbons (Fsp3) is 0. The maximum absolute atomic E-state index is 13.1. The van der Waals surface area contributed by atoms with E-state index in [1.807, 2.05) is 0 Å². The van der Waals surface area contributed by atoms with Crippen molar-refractivity contribution in [1.82, 2.24) is 4.98 Å². The average Bonchev–Trinajstić information content (AvgIpc) is 2.32. The fourth-order valence-corrected chi connectivity index (χ4v) is 1.50. The lowest BCUT2D eigenvalue weighted by Gasteiger charge is -2.06. The van der Waals surface area contributed by atoms with Crippen LogP contribution in [0, 0.1) is 11.6 Å². The van der Waals surface area contributed by atoms with Crippen LogP contribution in [0.3, 0.4) is 0 Å².